The van der Waals surface area contributed by atoms with Crippen LogP contribution in [0.25, 0.3) is 5.69 Å². The van der Waals surface area contributed by atoms with E-state index in [1.165, 1.54) is 11.1 Å². The quantitative estimate of drug-likeness (QED) is 0.460. The summed E-state index contributed by atoms with van der Waals surface area (Å²) >= 11 is 0. The number of hydrogen-bond acceptors (Lipinski definition) is 3. The molecule has 4 rings (SSSR count). The lowest BCUT2D eigenvalue weighted by Crippen LogP contribution is -2.51. The van der Waals surface area contributed by atoms with Crippen LogP contribution in [0.4, 0.5) is 0 Å². The number of aliphatic imine (C=N–C) groups is 1. The van der Waals surface area contributed by atoms with Crippen LogP contribution in [0.5, 0.6) is 0 Å². The first-order chi connectivity index (χ1) is 15.6. The summed E-state index contributed by atoms with van der Waals surface area (Å²) in [6.07, 6.45) is 4.23. The van der Waals surface area contributed by atoms with Crippen LogP contribution in [0, 0.1) is 6.92 Å². The zero-order valence-electron chi connectivity index (χ0n) is 19.3. The van der Waals surface area contributed by atoms with Gasteiger partial charge in [0.2, 0.25) is 0 Å². The third-order valence-corrected chi connectivity index (χ3v) is 6.21. The number of rotatable bonds is 6. The molecule has 1 fully saturated rings. The van der Waals surface area contributed by atoms with Gasteiger partial charge >= 0.3 is 0 Å². The Morgan fingerprint density at radius 1 is 1.09 bits per heavy atom. The molecule has 2 atom stereocenters. The van der Waals surface area contributed by atoms with Crippen LogP contribution in [-0.4, -0.2) is 46.3 Å². The lowest BCUT2D eigenvalue weighted by Gasteiger charge is -2.38. The normalized spacial score (nSPS) is 19.7. The second-order valence-corrected chi connectivity index (χ2v) is 8.63. The molecule has 32 heavy (non-hydrogen) atoms. The first-order valence-corrected chi connectivity index (χ1v) is 11.5. The summed E-state index contributed by atoms with van der Waals surface area (Å²) in [6.45, 7) is 7.14. The summed E-state index contributed by atoms with van der Waals surface area (Å²) in [5.74, 6) is 0.852. The van der Waals surface area contributed by atoms with E-state index < -0.39 is 0 Å². The number of benzene rings is 2. The van der Waals surface area contributed by atoms with Gasteiger partial charge in [0, 0.05) is 45.0 Å². The van der Waals surface area contributed by atoms with E-state index in [-0.39, 0.29) is 0 Å². The molecule has 2 aromatic carbocycles. The summed E-state index contributed by atoms with van der Waals surface area (Å²) in [7, 11) is 1.84. The summed E-state index contributed by atoms with van der Waals surface area (Å²) in [5, 5.41) is 11.7. The van der Waals surface area contributed by atoms with E-state index in [0.717, 1.165) is 43.3 Å². The summed E-state index contributed by atoms with van der Waals surface area (Å²) < 4.78 is 1.94. The van der Waals surface area contributed by atoms with Crippen molar-refractivity contribution in [2.45, 2.75) is 51.9 Å². The molecule has 2 heterocycles. The highest BCUT2D eigenvalue weighted by molar-refractivity contribution is 5.80. The van der Waals surface area contributed by atoms with Gasteiger partial charge in [-0.1, -0.05) is 48.5 Å². The fourth-order valence-electron chi connectivity index (χ4n) is 4.40. The van der Waals surface area contributed by atoms with Crippen molar-refractivity contribution >= 4 is 5.96 Å². The molecule has 168 valence electrons. The molecule has 0 amide bonds. The fourth-order valence-corrected chi connectivity index (χ4v) is 4.40. The van der Waals surface area contributed by atoms with Gasteiger partial charge in [0.25, 0.3) is 0 Å². The molecule has 1 saturated heterocycles. The Bertz CT molecular complexity index is 1030. The van der Waals surface area contributed by atoms with Crippen molar-refractivity contribution in [1.29, 1.82) is 0 Å². The molecular weight excluding hydrogens is 396 g/mol. The molecule has 6 heteroatoms. The van der Waals surface area contributed by atoms with Crippen molar-refractivity contribution in [3.05, 3.63) is 83.7 Å². The minimum Gasteiger partial charge on any atom is -0.354 e. The maximum Gasteiger partial charge on any atom is 0.191 e. The van der Waals surface area contributed by atoms with Gasteiger partial charge in [-0.05, 0) is 49.9 Å². The van der Waals surface area contributed by atoms with Gasteiger partial charge in [0.1, 0.15) is 0 Å². The zero-order chi connectivity index (χ0) is 22.3. The Hall–Kier alpha value is -3.12. The summed E-state index contributed by atoms with van der Waals surface area (Å²) in [5.41, 5.74) is 4.67. The van der Waals surface area contributed by atoms with Gasteiger partial charge in [-0.25, -0.2) is 4.68 Å². The van der Waals surface area contributed by atoms with E-state index in [2.05, 4.69) is 81.1 Å². The number of aryl methyl sites for hydroxylation is 1. The molecular formula is C26H34N6. The van der Waals surface area contributed by atoms with Gasteiger partial charge in [-0.3, -0.25) is 9.89 Å². The number of guanidine groups is 1. The third-order valence-electron chi connectivity index (χ3n) is 6.21. The molecule has 3 aromatic rings. The average molecular weight is 431 g/mol. The van der Waals surface area contributed by atoms with Crippen molar-refractivity contribution in [2.24, 2.45) is 4.99 Å². The molecule has 2 unspecified atom stereocenters. The highest BCUT2D eigenvalue weighted by Crippen LogP contribution is 2.20. The summed E-state index contributed by atoms with van der Waals surface area (Å²) in [4.78, 5) is 7.05. The van der Waals surface area contributed by atoms with Crippen LogP contribution in [0.3, 0.4) is 0 Å². The highest BCUT2D eigenvalue weighted by atomic mass is 15.3. The number of nitrogens with one attached hydrogen (secondary N) is 2. The highest BCUT2D eigenvalue weighted by Gasteiger charge is 2.26. The maximum absolute atomic E-state index is 4.57. The van der Waals surface area contributed by atoms with Gasteiger partial charge in [-0.2, -0.15) is 5.10 Å². The predicted octanol–water partition coefficient (Wildman–Crippen LogP) is 3.90. The maximum atomic E-state index is 4.57. The Morgan fingerprint density at radius 2 is 1.88 bits per heavy atom. The van der Waals surface area contributed by atoms with E-state index in [1.54, 1.807) is 0 Å². The number of likely N-dealkylation sites (tertiary alicyclic amines) is 1. The van der Waals surface area contributed by atoms with Gasteiger partial charge in [-0.15, -0.1) is 0 Å². The smallest absolute Gasteiger partial charge is 0.191 e. The molecule has 0 spiro atoms. The van der Waals surface area contributed by atoms with Gasteiger partial charge in [0.05, 0.1) is 11.4 Å². The zero-order valence-corrected chi connectivity index (χ0v) is 19.3. The molecule has 2 N–H and O–H groups in total. The first-order valence-electron chi connectivity index (χ1n) is 11.5. The lowest BCUT2D eigenvalue weighted by molar-refractivity contribution is 0.134. The van der Waals surface area contributed by atoms with Crippen LogP contribution in [0.15, 0.2) is 71.9 Å². The van der Waals surface area contributed by atoms with E-state index in [9.17, 15) is 0 Å². The Balaban J connectivity index is 1.32. The largest absolute Gasteiger partial charge is 0.354 e. The molecule has 0 bridgehead atoms. The molecule has 1 aliphatic rings. The number of hydrogen-bond donors (Lipinski definition) is 2. The van der Waals surface area contributed by atoms with E-state index in [0.29, 0.717) is 18.6 Å². The van der Waals surface area contributed by atoms with Crippen LogP contribution in [0.1, 0.15) is 36.6 Å². The second kappa shape index (κ2) is 10.5. The Kier molecular flexibility index (Phi) is 7.22. The van der Waals surface area contributed by atoms with Crippen LogP contribution >= 0.6 is 0 Å². The summed E-state index contributed by atoms with van der Waals surface area (Å²) in [6, 6.07) is 22.1. The molecule has 0 saturated carbocycles. The first kappa shape index (κ1) is 22.1. The number of nitrogens with zero attached hydrogens (tertiary/aromatic N) is 4. The number of para-hydroxylation sites is 1. The number of aromatic nitrogens is 2. The van der Waals surface area contributed by atoms with Crippen molar-refractivity contribution in [3.63, 3.8) is 0 Å². The van der Waals surface area contributed by atoms with Gasteiger partial charge in [0.15, 0.2) is 5.96 Å². The molecule has 6 nitrogen and oxygen atoms in total. The SMILES string of the molecule is CN=C(NCc1ccccc1-n1ccc(C)n1)NC1CCN(Cc2ccccc2)C(C)C1. The fraction of sp³-hybridized carbons (Fsp3) is 0.385. The topological polar surface area (TPSA) is 57.5 Å². The predicted molar refractivity (Wildman–Crippen MR) is 131 cm³/mol. The van der Waals surface area contributed by atoms with Crippen molar-refractivity contribution in [1.82, 2.24) is 25.3 Å². The minimum absolute atomic E-state index is 0.423. The lowest BCUT2D eigenvalue weighted by atomic mass is 9.97. The van der Waals surface area contributed by atoms with Crippen molar-refractivity contribution in [3.8, 4) is 5.69 Å². The Labute approximate surface area is 191 Å². The standard InChI is InChI=1S/C26H34N6/c1-20-13-16-32(30-20)25-12-8-7-11-23(25)18-28-26(27-3)29-24-14-15-31(21(2)17-24)19-22-9-5-4-6-10-22/h4-13,16,21,24H,14-15,17-19H2,1-3H3,(H2,27,28,29). The van der Waals surface area contributed by atoms with Crippen LogP contribution in [0.2, 0.25) is 0 Å². The Morgan fingerprint density at radius 3 is 2.59 bits per heavy atom. The van der Waals surface area contributed by atoms with E-state index in [4.69, 9.17) is 0 Å². The van der Waals surface area contributed by atoms with E-state index >= 15 is 0 Å². The van der Waals surface area contributed by atoms with Crippen molar-refractivity contribution in [2.75, 3.05) is 13.6 Å². The molecule has 1 aromatic heterocycles. The van der Waals surface area contributed by atoms with Crippen molar-refractivity contribution < 1.29 is 0 Å². The monoisotopic (exact) mass is 430 g/mol. The molecule has 0 aliphatic carbocycles. The van der Waals surface area contributed by atoms with Crippen LogP contribution in [-0.2, 0) is 13.1 Å². The minimum atomic E-state index is 0.423. The second-order valence-electron chi connectivity index (χ2n) is 8.63. The molecule has 0 radical (unpaired) electrons. The number of piperidine rings is 1. The third kappa shape index (κ3) is 5.56. The van der Waals surface area contributed by atoms with Gasteiger partial charge < -0.3 is 10.6 Å². The van der Waals surface area contributed by atoms with Crippen LogP contribution < -0.4 is 10.6 Å². The average Bonchev–Trinajstić information content (AvgIpc) is 3.25. The van der Waals surface area contributed by atoms with E-state index in [1.807, 2.05) is 37.0 Å². The molecule has 1 aliphatic heterocycles.